The summed E-state index contributed by atoms with van der Waals surface area (Å²) in [6.07, 6.45) is 9.95. The first-order valence-electron chi connectivity index (χ1n) is 14.2. The molecule has 0 saturated carbocycles. The maximum absolute atomic E-state index is 2.42. The minimum absolute atomic E-state index is 0.0549. The van der Waals surface area contributed by atoms with Crippen LogP contribution in [0.4, 0.5) is 17.1 Å². The number of nitrogens with zero attached hydrogens (tertiary/aromatic N) is 1. The van der Waals surface area contributed by atoms with Crippen LogP contribution in [0.1, 0.15) is 42.9 Å². The van der Waals surface area contributed by atoms with E-state index in [9.17, 15) is 0 Å². The molecule has 1 nitrogen and oxygen atoms in total. The quantitative estimate of drug-likeness (QED) is 0.230. The molecule has 1 aliphatic heterocycles. The second-order valence-electron chi connectivity index (χ2n) is 11.4. The van der Waals surface area contributed by atoms with Crippen molar-refractivity contribution >= 4 is 17.1 Å². The molecule has 1 heterocycles. The molecule has 5 aromatic carbocycles. The molecule has 1 unspecified atom stereocenters. The van der Waals surface area contributed by atoms with Crippen molar-refractivity contribution in [2.24, 2.45) is 0 Å². The van der Waals surface area contributed by atoms with Crippen molar-refractivity contribution < 1.29 is 0 Å². The lowest BCUT2D eigenvalue weighted by molar-refractivity contribution is 0.632. The molecule has 1 heteroatoms. The number of fused-ring (bicyclic) bond motifs is 2. The second-order valence-corrected chi connectivity index (χ2v) is 11.4. The Morgan fingerprint density at radius 2 is 1.15 bits per heavy atom. The van der Waals surface area contributed by atoms with E-state index in [4.69, 9.17) is 0 Å². The fourth-order valence-corrected chi connectivity index (χ4v) is 6.41. The molecule has 0 saturated heterocycles. The third-order valence-corrected chi connectivity index (χ3v) is 8.57. The van der Waals surface area contributed by atoms with E-state index in [2.05, 4.69) is 164 Å². The highest BCUT2D eigenvalue weighted by atomic mass is 15.2. The molecule has 0 spiro atoms. The molecule has 0 radical (unpaired) electrons. The second kappa shape index (κ2) is 9.84. The van der Waals surface area contributed by atoms with E-state index in [0.717, 1.165) is 6.42 Å². The molecule has 2 aliphatic rings. The van der Waals surface area contributed by atoms with Gasteiger partial charge in [0.05, 0.1) is 11.4 Å². The largest absolute Gasteiger partial charge is 0.310 e. The summed E-state index contributed by atoms with van der Waals surface area (Å²) in [7, 11) is 0. The van der Waals surface area contributed by atoms with Crippen LogP contribution in [-0.4, -0.2) is 0 Å². The highest BCUT2D eigenvalue weighted by Gasteiger charge is 2.36. The normalized spacial score (nSPS) is 16.9. The lowest BCUT2D eigenvalue weighted by atomic mass is 9.73. The van der Waals surface area contributed by atoms with Crippen LogP contribution in [0.3, 0.4) is 0 Å². The van der Waals surface area contributed by atoms with Gasteiger partial charge in [0.15, 0.2) is 0 Å². The summed E-state index contributed by atoms with van der Waals surface area (Å²) in [5.74, 6) is 0.399. The zero-order valence-corrected chi connectivity index (χ0v) is 23.1. The van der Waals surface area contributed by atoms with Gasteiger partial charge < -0.3 is 4.90 Å². The van der Waals surface area contributed by atoms with Gasteiger partial charge in [-0.15, -0.1) is 0 Å². The first kappa shape index (κ1) is 24.4. The molecule has 0 fully saturated rings. The van der Waals surface area contributed by atoms with Crippen LogP contribution < -0.4 is 4.90 Å². The third-order valence-electron chi connectivity index (χ3n) is 8.57. The Balaban J connectivity index is 1.32. The van der Waals surface area contributed by atoms with Crippen molar-refractivity contribution in [3.8, 4) is 22.3 Å². The van der Waals surface area contributed by atoms with E-state index >= 15 is 0 Å². The van der Waals surface area contributed by atoms with E-state index < -0.39 is 0 Å². The molecular formula is C39H33N. The standard InChI is InChI=1S/C39H33N/c1-39(2)35-17-9-11-19-37(35)40(38-20-12-10-18-36(38)39)34-23-21-30(22-24-34)33-26-31(28-13-5-3-6-14-28)25-32(27-33)29-15-7-4-8-16-29/h3-15,17-27,29H,16H2,1-2H3. The zero-order chi connectivity index (χ0) is 27.1. The van der Waals surface area contributed by atoms with Gasteiger partial charge in [-0.1, -0.05) is 129 Å². The van der Waals surface area contributed by atoms with E-state index in [1.165, 1.54) is 56.0 Å². The smallest absolute Gasteiger partial charge is 0.0502 e. The Kier molecular flexibility index (Phi) is 6.01. The number of allylic oxidation sites excluding steroid dienone is 4. The predicted molar refractivity (Wildman–Crippen MR) is 170 cm³/mol. The molecule has 7 rings (SSSR count). The molecule has 194 valence electrons. The van der Waals surface area contributed by atoms with E-state index in [1.807, 2.05) is 0 Å². The van der Waals surface area contributed by atoms with E-state index in [0.29, 0.717) is 5.92 Å². The van der Waals surface area contributed by atoms with Crippen molar-refractivity contribution in [2.45, 2.75) is 31.6 Å². The first-order valence-corrected chi connectivity index (χ1v) is 14.2. The summed E-state index contributed by atoms with van der Waals surface area (Å²) in [6.45, 7) is 4.67. The molecule has 5 aromatic rings. The molecule has 1 atom stereocenters. The summed E-state index contributed by atoms with van der Waals surface area (Å²) in [6, 6.07) is 44.6. The maximum Gasteiger partial charge on any atom is 0.0502 e. The predicted octanol–water partition coefficient (Wildman–Crippen LogP) is 10.7. The summed E-state index contributed by atoms with van der Waals surface area (Å²) in [4.78, 5) is 2.42. The van der Waals surface area contributed by atoms with Crippen LogP contribution in [0.5, 0.6) is 0 Å². The fraction of sp³-hybridized carbons (Fsp3) is 0.128. The van der Waals surface area contributed by atoms with E-state index in [1.54, 1.807) is 0 Å². The SMILES string of the molecule is CC1(C)c2ccccc2N(c2ccc(-c3cc(-c4ccccc4)cc(C4C=CC=CC4)c3)cc2)c2ccccc21. The van der Waals surface area contributed by atoms with Crippen LogP contribution in [0.2, 0.25) is 0 Å². The zero-order valence-electron chi connectivity index (χ0n) is 23.1. The number of anilines is 3. The summed E-state index contributed by atoms with van der Waals surface area (Å²) in [5.41, 5.74) is 12.7. The topological polar surface area (TPSA) is 3.24 Å². The van der Waals surface area contributed by atoms with E-state index in [-0.39, 0.29) is 5.41 Å². The van der Waals surface area contributed by atoms with Crippen LogP contribution in [0.25, 0.3) is 22.3 Å². The monoisotopic (exact) mass is 515 g/mol. The van der Waals surface area contributed by atoms with Crippen molar-refractivity contribution in [2.75, 3.05) is 4.90 Å². The van der Waals surface area contributed by atoms with Crippen LogP contribution in [-0.2, 0) is 5.41 Å². The average molecular weight is 516 g/mol. The highest BCUT2D eigenvalue weighted by molar-refractivity contribution is 5.86. The third kappa shape index (κ3) is 4.19. The number of benzene rings is 5. The Bertz CT molecular complexity index is 1690. The Labute approximate surface area is 237 Å². The van der Waals surface area contributed by atoms with Crippen molar-refractivity contribution in [3.63, 3.8) is 0 Å². The minimum atomic E-state index is -0.0549. The van der Waals surface area contributed by atoms with Gasteiger partial charge in [-0.2, -0.15) is 0 Å². The molecule has 0 amide bonds. The van der Waals surface area contributed by atoms with Gasteiger partial charge in [0.1, 0.15) is 0 Å². The number of hydrogen-bond acceptors (Lipinski definition) is 1. The van der Waals surface area contributed by atoms with Crippen LogP contribution in [0.15, 0.2) is 146 Å². The van der Waals surface area contributed by atoms with Gasteiger partial charge in [-0.05, 0) is 75.7 Å². The summed E-state index contributed by atoms with van der Waals surface area (Å²) >= 11 is 0. The number of rotatable bonds is 4. The maximum atomic E-state index is 2.42. The van der Waals surface area contributed by atoms with Crippen molar-refractivity contribution in [1.29, 1.82) is 0 Å². The van der Waals surface area contributed by atoms with Gasteiger partial charge >= 0.3 is 0 Å². The molecule has 0 aromatic heterocycles. The molecule has 0 N–H and O–H groups in total. The Morgan fingerprint density at radius 3 is 1.75 bits per heavy atom. The lowest BCUT2D eigenvalue weighted by Crippen LogP contribution is -2.30. The van der Waals surface area contributed by atoms with Gasteiger partial charge in [-0.3, -0.25) is 0 Å². The lowest BCUT2D eigenvalue weighted by Gasteiger charge is -2.42. The van der Waals surface area contributed by atoms with Gasteiger partial charge in [-0.25, -0.2) is 0 Å². The van der Waals surface area contributed by atoms with Crippen LogP contribution >= 0.6 is 0 Å². The number of hydrogen-bond donors (Lipinski definition) is 0. The van der Waals surface area contributed by atoms with Crippen molar-refractivity contribution in [3.05, 3.63) is 162 Å². The van der Waals surface area contributed by atoms with Gasteiger partial charge in [0.2, 0.25) is 0 Å². The minimum Gasteiger partial charge on any atom is -0.310 e. The Hall–Kier alpha value is -4.62. The number of para-hydroxylation sites is 2. The summed E-state index contributed by atoms with van der Waals surface area (Å²) in [5, 5.41) is 0. The molecule has 40 heavy (non-hydrogen) atoms. The molecular weight excluding hydrogens is 482 g/mol. The summed E-state index contributed by atoms with van der Waals surface area (Å²) < 4.78 is 0. The highest BCUT2D eigenvalue weighted by Crippen LogP contribution is 2.51. The first-order chi connectivity index (χ1) is 19.6. The fourth-order valence-electron chi connectivity index (χ4n) is 6.41. The van der Waals surface area contributed by atoms with Gasteiger partial charge in [0, 0.05) is 17.0 Å². The molecule has 1 aliphatic carbocycles. The van der Waals surface area contributed by atoms with Gasteiger partial charge in [0.25, 0.3) is 0 Å². The Morgan fingerprint density at radius 1 is 0.575 bits per heavy atom. The van der Waals surface area contributed by atoms with Crippen LogP contribution in [0, 0.1) is 0 Å². The average Bonchev–Trinajstić information content (AvgIpc) is 3.02. The molecule has 0 bridgehead atoms. The van der Waals surface area contributed by atoms with Crippen molar-refractivity contribution in [1.82, 2.24) is 0 Å².